The quantitative estimate of drug-likeness (QED) is 0.160. The molecule has 12 heteroatoms. The van der Waals surface area contributed by atoms with Crippen molar-refractivity contribution in [3.8, 4) is 11.5 Å². The van der Waals surface area contributed by atoms with Gasteiger partial charge in [0.05, 0.1) is 26.1 Å². The number of aryl methyl sites for hydroxylation is 1. The van der Waals surface area contributed by atoms with Gasteiger partial charge in [0.2, 0.25) is 0 Å². The van der Waals surface area contributed by atoms with Crippen molar-refractivity contribution in [2.24, 2.45) is 0 Å². The van der Waals surface area contributed by atoms with Crippen LogP contribution in [0, 0.1) is 0 Å². The van der Waals surface area contributed by atoms with Crippen molar-refractivity contribution in [2.45, 2.75) is 36.0 Å². The van der Waals surface area contributed by atoms with Gasteiger partial charge < -0.3 is 9.84 Å². The van der Waals surface area contributed by atoms with Crippen molar-refractivity contribution < 1.29 is 31.5 Å². The van der Waals surface area contributed by atoms with E-state index in [9.17, 15) is 26.7 Å². The molecule has 0 aliphatic carbocycles. The molecule has 41 heavy (non-hydrogen) atoms. The zero-order chi connectivity index (χ0) is 29.6. The summed E-state index contributed by atoms with van der Waals surface area (Å²) in [5.41, 5.74) is 0.284. The molecule has 4 aromatic carbocycles. The van der Waals surface area contributed by atoms with Gasteiger partial charge in [-0.25, -0.2) is 21.6 Å². The number of carbonyl (C=O) groups is 1. The standard InChI is InChI=1S/C29H27ClN2O7S2/c1-2-3-6-20-9-14-23(15-10-20)41(37,38)32-27-18-11-21(19-25(27)29(33)34)31-40(35,36)24-16-12-22(13-17-24)39-28-8-5-4-7-26(28)30/h4-5,7-19,31-32H,2-3,6H2,1H3,(H,33,34). The van der Waals surface area contributed by atoms with Crippen LogP contribution in [0.5, 0.6) is 11.5 Å². The minimum absolute atomic E-state index is 0.0270. The number of carboxylic acid groups (broad SMARTS) is 1. The lowest BCUT2D eigenvalue weighted by Crippen LogP contribution is -2.17. The summed E-state index contributed by atoms with van der Waals surface area (Å²) in [6, 6.07) is 22.2. The number of rotatable bonds is 12. The molecular formula is C29H27ClN2O7S2. The molecule has 9 nitrogen and oxygen atoms in total. The van der Waals surface area contributed by atoms with Crippen molar-refractivity contribution in [3.05, 3.63) is 107 Å². The number of unbranched alkanes of at least 4 members (excludes halogenated alkanes) is 1. The second-order valence-electron chi connectivity index (χ2n) is 9.03. The summed E-state index contributed by atoms with van der Waals surface area (Å²) in [6.45, 7) is 2.07. The molecule has 0 amide bonds. The van der Waals surface area contributed by atoms with Gasteiger partial charge in [-0.3, -0.25) is 9.44 Å². The van der Waals surface area contributed by atoms with Crippen LogP contribution in [0.4, 0.5) is 11.4 Å². The number of ether oxygens (including phenoxy) is 1. The van der Waals surface area contributed by atoms with E-state index in [1.54, 1.807) is 36.4 Å². The first-order valence-corrected chi connectivity index (χ1v) is 15.9. The second-order valence-corrected chi connectivity index (χ2v) is 12.8. The van der Waals surface area contributed by atoms with Crippen LogP contribution in [-0.4, -0.2) is 27.9 Å². The highest BCUT2D eigenvalue weighted by atomic mass is 35.5. The highest BCUT2D eigenvalue weighted by Gasteiger charge is 2.21. The number of halogens is 1. The van der Waals surface area contributed by atoms with Crippen LogP contribution >= 0.6 is 11.6 Å². The monoisotopic (exact) mass is 614 g/mol. The third kappa shape index (κ3) is 7.57. The molecule has 0 aliphatic rings. The SMILES string of the molecule is CCCCc1ccc(S(=O)(=O)Nc2ccc(NS(=O)(=O)c3ccc(Oc4ccccc4Cl)cc3)cc2C(=O)O)cc1. The summed E-state index contributed by atoms with van der Waals surface area (Å²) in [4.78, 5) is 11.8. The second kappa shape index (κ2) is 12.6. The normalized spacial score (nSPS) is 11.6. The highest BCUT2D eigenvalue weighted by molar-refractivity contribution is 7.93. The summed E-state index contributed by atoms with van der Waals surface area (Å²) in [6.07, 6.45) is 2.81. The zero-order valence-electron chi connectivity index (χ0n) is 21.9. The Bertz CT molecular complexity index is 1760. The third-order valence-electron chi connectivity index (χ3n) is 6.00. The maximum atomic E-state index is 13.0. The molecule has 0 heterocycles. The number of benzene rings is 4. The van der Waals surface area contributed by atoms with Gasteiger partial charge >= 0.3 is 5.97 Å². The van der Waals surface area contributed by atoms with Crippen LogP contribution in [0.25, 0.3) is 0 Å². The smallest absolute Gasteiger partial charge is 0.337 e. The number of para-hydroxylation sites is 1. The average Bonchev–Trinajstić information content (AvgIpc) is 2.94. The van der Waals surface area contributed by atoms with E-state index in [2.05, 4.69) is 16.4 Å². The van der Waals surface area contributed by atoms with Gasteiger partial charge in [0.25, 0.3) is 20.0 Å². The van der Waals surface area contributed by atoms with Crippen molar-refractivity contribution >= 4 is 49.0 Å². The van der Waals surface area contributed by atoms with E-state index in [0.717, 1.165) is 30.9 Å². The van der Waals surface area contributed by atoms with Crippen LogP contribution in [0.15, 0.2) is 101 Å². The Morgan fingerprint density at radius 1 is 0.829 bits per heavy atom. The summed E-state index contributed by atoms with van der Waals surface area (Å²) in [5.74, 6) is -0.680. The van der Waals surface area contributed by atoms with Gasteiger partial charge in [-0.1, -0.05) is 49.2 Å². The number of hydrogen-bond donors (Lipinski definition) is 3. The van der Waals surface area contributed by atoms with Crippen LogP contribution in [0.2, 0.25) is 5.02 Å². The fourth-order valence-corrected chi connectivity index (χ4v) is 6.15. The van der Waals surface area contributed by atoms with Gasteiger partial charge in [-0.05, 0) is 85.1 Å². The minimum Gasteiger partial charge on any atom is -0.478 e. The summed E-state index contributed by atoms with van der Waals surface area (Å²) < 4.78 is 62.1. The van der Waals surface area contributed by atoms with Crippen molar-refractivity contribution in [1.29, 1.82) is 0 Å². The molecule has 0 aliphatic heterocycles. The fourth-order valence-electron chi connectivity index (χ4n) is 3.85. The van der Waals surface area contributed by atoms with Crippen LogP contribution in [0.3, 0.4) is 0 Å². The molecule has 214 valence electrons. The summed E-state index contributed by atoms with van der Waals surface area (Å²) in [5, 5.41) is 10.1. The van der Waals surface area contributed by atoms with Crippen molar-refractivity contribution in [1.82, 2.24) is 0 Å². The van der Waals surface area contributed by atoms with E-state index >= 15 is 0 Å². The average molecular weight is 615 g/mol. The van der Waals surface area contributed by atoms with E-state index in [4.69, 9.17) is 16.3 Å². The Kier molecular flexibility index (Phi) is 9.21. The Hall–Kier alpha value is -4.06. The highest BCUT2D eigenvalue weighted by Crippen LogP contribution is 2.30. The molecule has 0 saturated carbocycles. The van der Waals surface area contributed by atoms with Crippen molar-refractivity contribution in [2.75, 3.05) is 9.44 Å². The molecule has 0 aromatic heterocycles. The van der Waals surface area contributed by atoms with E-state index in [1.165, 1.54) is 48.5 Å². The summed E-state index contributed by atoms with van der Waals surface area (Å²) >= 11 is 6.09. The summed E-state index contributed by atoms with van der Waals surface area (Å²) in [7, 11) is -8.22. The molecule has 0 fully saturated rings. The van der Waals surface area contributed by atoms with Gasteiger partial charge in [0.15, 0.2) is 0 Å². The first-order chi connectivity index (χ1) is 19.5. The Morgan fingerprint density at radius 2 is 1.44 bits per heavy atom. The molecule has 0 bridgehead atoms. The lowest BCUT2D eigenvalue weighted by atomic mass is 10.1. The van der Waals surface area contributed by atoms with Gasteiger partial charge in [-0.15, -0.1) is 0 Å². The molecule has 4 aromatic rings. The number of nitrogens with one attached hydrogen (secondary N) is 2. The number of hydrogen-bond acceptors (Lipinski definition) is 6. The first kappa shape index (κ1) is 29.9. The maximum Gasteiger partial charge on any atom is 0.337 e. The maximum absolute atomic E-state index is 13.0. The molecular weight excluding hydrogens is 588 g/mol. The van der Waals surface area contributed by atoms with E-state index in [0.29, 0.717) is 16.5 Å². The van der Waals surface area contributed by atoms with Crippen molar-refractivity contribution in [3.63, 3.8) is 0 Å². The number of anilines is 2. The van der Waals surface area contributed by atoms with E-state index in [1.807, 2.05) is 0 Å². The third-order valence-corrected chi connectivity index (χ3v) is 9.09. The molecule has 3 N–H and O–H groups in total. The van der Waals surface area contributed by atoms with Crippen LogP contribution in [0.1, 0.15) is 35.7 Å². The fraction of sp³-hybridized carbons (Fsp3) is 0.138. The number of aromatic carboxylic acids is 1. The number of sulfonamides is 2. The van der Waals surface area contributed by atoms with Crippen LogP contribution in [-0.2, 0) is 26.5 Å². The van der Waals surface area contributed by atoms with Gasteiger partial charge in [0.1, 0.15) is 11.5 Å². The predicted molar refractivity (Wildman–Crippen MR) is 158 cm³/mol. The predicted octanol–water partition coefficient (Wildman–Crippen LogP) is 6.77. The Balaban J connectivity index is 1.51. The molecule has 0 saturated heterocycles. The van der Waals surface area contributed by atoms with Gasteiger partial charge in [-0.2, -0.15) is 0 Å². The zero-order valence-corrected chi connectivity index (χ0v) is 24.3. The minimum atomic E-state index is -4.12. The largest absolute Gasteiger partial charge is 0.478 e. The van der Waals surface area contributed by atoms with E-state index < -0.39 is 31.6 Å². The van der Waals surface area contributed by atoms with Crippen LogP contribution < -0.4 is 14.2 Å². The van der Waals surface area contributed by atoms with E-state index in [-0.39, 0.29) is 21.2 Å². The lowest BCUT2D eigenvalue weighted by Gasteiger charge is -2.14. The molecule has 0 atom stereocenters. The number of carboxylic acids is 1. The first-order valence-electron chi connectivity index (χ1n) is 12.5. The Labute approximate surface area is 243 Å². The lowest BCUT2D eigenvalue weighted by molar-refractivity contribution is 0.0698. The van der Waals surface area contributed by atoms with Gasteiger partial charge in [0, 0.05) is 5.69 Å². The molecule has 0 spiro atoms. The molecule has 0 radical (unpaired) electrons. The molecule has 4 rings (SSSR count). The Morgan fingerprint density at radius 3 is 2.05 bits per heavy atom. The topological polar surface area (TPSA) is 139 Å². The molecule has 0 unspecified atom stereocenters.